The summed E-state index contributed by atoms with van der Waals surface area (Å²) in [6.45, 7) is 4.14. The Morgan fingerprint density at radius 1 is 0.767 bits per heavy atom. The molecule has 0 saturated carbocycles. The number of nitrogens with one attached hydrogen (secondary N) is 1. The number of anilines is 1. The van der Waals surface area contributed by atoms with Crippen LogP contribution in [0.5, 0.6) is 5.75 Å². The molecule has 0 heterocycles. The van der Waals surface area contributed by atoms with Gasteiger partial charge in [0.1, 0.15) is 18.3 Å². The predicted octanol–water partition coefficient (Wildman–Crippen LogP) is 5.06. The average molecular weight is 600 g/mol. The van der Waals surface area contributed by atoms with Crippen LogP contribution in [-0.2, 0) is 32.6 Å². The average Bonchev–Trinajstić information content (AvgIpc) is 3.03. The number of sulfonamides is 1. The monoisotopic (exact) mass is 599 g/mol. The van der Waals surface area contributed by atoms with E-state index in [0.717, 1.165) is 15.4 Å². The van der Waals surface area contributed by atoms with Crippen molar-refractivity contribution in [2.45, 2.75) is 37.8 Å². The fraction of sp³-hybridized carbons (Fsp3) is 0.235. The molecule has 224 valence electrons. The second-order valence-electron chi connectivity index (χ2n) is 9.86. The molecule has 8 nitrogen and oxygen atoms in total. The molecule has 43 heavy (non-hydrogen) atoms. The molecule has 0 saturated heterocycles. The number of nitrogens with zero attached hydrogens (tertiary/aromatic N) is 2. The molecule has 4 aromatic carbocycles. The minimum absolute atomic E-state index is 0.0517. The van der Waals surface area contributed by atoms with Gasteiger partial charge in [0.2, 0.25) is 11.8 Å². The Kier molecular flexibility index (Phi) is 10.9. The number of carbonyl (C=O) groups excluding carboxylic acids is 2. The third kappa shape index (κ3) is 8.23. The molecule has 9 heteroatoms. The number of ether oxygens (including phenoxy) is 1. The van der Waals surface area contributed by atoms with Crippen LogP contribution in [0.3, 0.4) is 0 Å². The van der Waals surface area contributed by atoms with Crippen LogP contribution in [0.2, 0.25) is 0 Å². The van der Waals surface area contributed by atoms with Crippen molar-refractivity contribution in [2.75, 3.05) is 24.0 Å². The Morgan fingerprint density at radius 2 is 1.33 bits per heavy atom. The largest absolute Gasteiger partial charge is 0.494 e. The van der Waals surface area contributed by atoms with E-state index >= 15 is 0 Å². The van der Waals surface area contributed by atoms with Gasteiger partial charge >= 0.3 is 0 Å². The maximum absolute atomic E-state index is 14.3. The van der Waals surface area contributed by atoms with Crippen LogP contribution in [0.1, 0.15) is 25.0 Å². The van der Waals surface area contributed by atoms with Gasteiger partial charge in [-0.25, -0.2) is 8.42 Å². The fourth-order valence-electron chi connectivity index (χ4n) is 4.75. The van der Waals surface area contributed by atoms with Crippen LogP contribution < -0.4 is 14.4 Å². The van der Waals surface area contributed by atoms with Gasteiger partial charge in [0.05, 0.1) is 17.2 Å². The molecule has 0 aromatic heterocycles. The van der Waals surface area contributed by atoms with E-state index < -0.39 is 28.5 Å². The summed E-state index contributed by atoms with van der Waals surface area (Å²) in [4.78, 5) is 29.4. The topological polar surface area (TPSA) is 96.0 Å². The van der Waals surface area contributed by atoms with Gasteiger partial charge in [0, 0.05) is 19.5 Å². The lowest BCUT2D eigenvalue weighted by molar-refractivity contribution is -0.140. The normalized spacial score (nSPS) is 11.8. The van der Waals surface area contributed by atoms with Gasteiger partial charge in [0.25, 0.3) is 10.0 Å². The standard InChI is InChI=1S/C34H37N3O5S/c1-3-35-34(39)32(24-27-14-8-5-9-15-27)36(25-28-16-10-6-11-17-28)33(38)26-37(29-20-22-30(23-21-29)42-4-2)43(40,41)31-18-12-7-13-19-31/h5-23,32H,3-4,24-26H2,1-2H3,(H,35,39)/t32-/m1/s1. The molecule has 0 radical (unpaired) electrons. The van der Waals surface area contributed by atoms with Crippen molar-refractivity contribution >= 4 is 27.5 Å². The van der Waals surface area contributed by atoms with Crippen molar-refractivity contribution in [2.24, 2.45) is 0 Å². The van der Waals surface area contributed by atoms with Crippen molar-refractivity contribution in [1.82, 2.24) is 10.2 Å². The lowest BCUT2D eigenvalue weighted by atomic mass is 10.0. The first kappa shape index (κ1) is 31.3. The number of carbonyl (C=O) groups is 2. The first-order chi connectivity index (χ1) is 20.8. The summed E-state index contributed by atoms with van der Waals surface area (Å²) in [5, 5.41) is 2.87. The second-order valence-corrected chi connectivity index (χ2v) is 11.7. The second kappa shape index (κ2) is 15.0. The van der Waals surface area contributed by atoms with Crippen LogP contribution in [0.15, 0.2) is 120 Å². The molecule has 0 bridgehead atoms. The molecular formula is C34H37N3O5S. The molecule has 4 rings (SSSR count). The summed E-state index contributed by atoms with van der Waals surface area (Å²) in [6.07, 6.45) is 0.264. The van der Waals surface area contributed by atoms with Gasteiger partial charge in [-0.1, -0.05) is 78.9 Å². The lowest BCUT2D eigenvalue weighted by Crippen LogP contribution is -2.53. The van der Waals surface area contributed by atoms with Crippen LogP contribution >= 0.6 is 0 Å². The molecule has 0 aliphatic carbocycles. The van der Waals surface area contributed by atoms with E-state index in [1.165, 1.54) is 17.0 Å². The lowest BCUT2D eigenvalue weighted by Gasteiger charge is -2.33. The van der Waals surface area contributed by atoms with Crippen LogP contribution in [-0.4, -0.2) is 50.9 Å². The SMILES string of the molecule is CCNC(=O)[C@@H](Cc1ccccc1)N(Cc1ccccc1)C(=O)CN(c1ccc(OCC)cc1)S(=O)(=O)c1ccccc1. The maximum atomic E-state index is 14.3. The zero-order valence-corrected chi connectivity index (χ0v) is 25.2. The molecule has 0 aliphatic rings. The van der Waals surface area contributed by atoms with Gasteiger partial charge < -0.3 is 15.0 Å². The first-order valence-corrected chi connectivity index (χ1v) is 15.7. The minimum atomic E-state index is -4.15. The maximum Gasteiger partial charge on any atom is 0.264 e. The first-order valence-electron chi connectivity index (χ1n) is 14.3. The number of likely N-dealkylation sites (N-methyl/N-ethyl adjacent to an activating group) is 1. The van der Waals surface area contributed by atoms with E-state index in [-0.39, 0.29) is 23.8 Å². The highest BCUT2D eigenvalue weighted by molar-refractivity contribution is 7.92. The molecule has 1 N–H and O–H groups in total. The summed E-state index contributed by atoms with van der Waals surface area (Å²) in [7, 11) is -4.15. The minimum Gasteiger partial charge on any atom is -0.494 e. The summed E-state index contributed by atoms with van der Waals surface area (Å²) in [6, 6.07) is 32.5. The van der Waals surface area contributed by atoms with Gasteiger partial charge in [-0.05, 0) is 61.4 Å². The Labute approximate surface area is 254 Å². The summed E-state index contributed by atoms with van der Waals surface area (Å²) in [5.41, 5.74) is 2.00. The summed E-state index contributed by atoms with van der Waals surface area (Å²) >= 11 is 0. The highest BCUT2D eigenvalue weighted by Crippen LogP contribution is 2.27. The smallest absolute Gasteiger partial charge is 0.264 e. The molecule has 1 atom stereocenters. The van der Waals surface area contributed by atoms with E-state index in [1.807, 2.05) is 74.5 Å². The molecule has 4 aromatic rings. The highest BCUT2D eigenvalue weighted by Gasteiger charge is 2.34. The van der Waals surface area contributed by atoms with Crippen LogP contribution in [0, 0.1) is 0 Å². The van der Waals surface area contributed by atoms with E-state index in [1.54, 1.807) is 42.5 Å². The Bertz CT molecular complexity index is 1570. The molecule has 0 fully saturated rings. The number of hydrogen-bond donors (Lipinski definition) is 1. The summed E-state index contributed by atoms with van der Waals surface area (Å²) < 4.78 is 34.6. The zero-order chi connectivity index (χ0) is 30.7. The quantitative estimate of drug-likeness (QED) is 0.219. The van der Waals surface area contributed by atoms with Crippen molar-refractivity contribution in [3.05, 3.63) is 126 Å². The van der Waals surface area contributed by atoms with E-state index in [9.17, 15) is 18.0 Å². The zero-order valence-electron chi connectivity index (χ0n) is 24.4. The molecular weight excluding hydrogens is 562 g/mol. The van der Waals surface area contributed by atoms with Gasteiger partial charge in [-0.2, -0.15) is 0 Å². The van der Waals surface area contributed by atoms with Crippen molar-refractivity contribution in [3.63, 3.8) is 0 Å². The van der Waals surface area contributed by atoms with E-state index in [2.05, 4.69) is 5.32 Å². The number of amides is 2. The number of hydrogen-bond acceptors (Lipinski definition) is 5. The Balaban J connectivity index is 1.77. The van der Waals surface area contributed by atoms with Crippen LogP contribution in [0.25, 0.3) is 0 Å². The molecule has 0 spiro atoms. The van der Waals surface area contributed by atoms with Crippen molar-refractivity contribution in [1.29, 1.82) is 0 Å². The van der Waals surface area contributed by atoms with Gasteiger partial charge in [0.15, 0.2) is 0 Å². The van der Waals surface area contributed by atoms with Crippen molar-refractivity contribution < 1.29 is 22.7 Å². The third-order valence-electron chi connectivity index (χ3n) is 6.86. The van der Waals surface area contributed by atoms with Crippen LogP contribution in [0.4, 0.5) is 5.69 Å². The molecule has 0 aliphatic heterocycles. The fourth-order valence-corrected chi connectivity index (χ4v) is 6.19. The number of benzene rings is 4. The summed E-state index contributed by atoms with van der Waals surface area (Å²) in [5.74, 6) is -0.238. The third-order valence-corrected chi connectivity index (χ3v) is 8.65. The van der Waals surface area contributed by atoms with Gasteiger partial charge in [-0.3, -0.25) is 13.9 Å². The highest BCUT2D eigenvalue weighted by atomic mass is 32.2. The predicted molar refractivity (Wildman–Crippen MR) is 168 cm³/mol. The Morgan fingerprint density at radius 3 is 1.88 bits per heavy atom. The van der Waals surface area contributed by atoms with Crippen molar-refractivity contribution in [3.8, 4) is 5.75 Å². The Hall–Kier alpha value is -4.63. The van der Waals surface area contributed by atoms with E-state index in [4.69, 9.17) is 4.74 Å². The van der Waals surface area contributed by atoms with E-state index in [0.29, 0.717) is 24.6 Å². The van der Waals surface area contributed by atoms with Gasteiger partial charge in [-0.15, -0.1) is 0 Å². The molecule has 2 amide bonds. The molecule has 0 unspecified atom stereocenters. The number of rotatable bonds is 14.